The molecular formula is C40H46N4O2. The highest BCUT2D eigenvalue weighted by Gasteiger charge is 2.28. The van der Waals surface area contributed by atoms with Crippen LogP contribution in [0.2, 0.25) is 0 Å². The minimum atomic E-state index is -0.191. The molecule has 6 rings (SSSR count). The number of methoxy groups -OCH3 is 2. The summed E-state index contributed by atoms with van der Waals surface area (Å²) >= 11 is 0. The fraction of sp³-hybridized carbons (Fsp3) is 0.350. The Morgan fingerprint density at radius 2 is 0.913 bits per heavy atom. The van der Waals surface area contributed by atoms with Gasteiger partial charge in [-0.3, -0.25) is 0 Å². The number of hydrogen-bond donors (Lipinski definition) is 2. The van der Waals surface area contributed by atoms with Crippen LogP contribution < -0.4 is 9.47 Å². The quantitative estimate of drug-likeness (QED) is 0.208. The molecular weight excluding hydrogens is 568 g/mol. The van der Waals surface area contributed by atoms with E-state index in [0.717, 1.165) is 84.2 Å². The highest BCUT2D eigenvalue weighted by atomic mass is 16.5. The van der Waals surface area contributed by atoms with Crippen molar-refractivity contribution < 1.29 is 9.47 Å². The van der Waals surface area contributed by atoms with Crippen molar-refractivity contribution in [2.45, 2.75) is 78.6 Å². The van der Waals surface area contributed by atoms with Crippen LogP contribution in [0.5, 0.6) is 11.5 Å². The standard InChI is InChI=1S/C40H46N4O2/c1-38(2,3)35-27-15-13-25(41-27)34(24-22-23(45-10)12-21-33(24)46-11)26-14-16-28(42-26)36(39(4,5)6)30-18-20-32(44-30)37(40(7,8)9)31-19-17-29(35)43-31/h12-22,41-42H,1-11H3. The molecule has 0 amide bonds. The number of ether oxygens (including phenoxy) is 2. The smallest absolute Gasteiger partial charge is 0.127 e. The second-order valence-corrected chi connectivity index (χ2v) is 15.3. The predicted octanol–water partition coefficient (Wildman–Crippen LogP) is 10.2. The van der Waals surface area contributed by atoms with Gasteiger partial charge < -0.3 is 19.4 Å². The number of nitrogens with one attached hydrogen (secondary N) is 2. The third-order valence-electron chi connectivity index (χ3n) is 8.68. The molecule has 0 spiro atoms. The van der Waals surface area contributed by atoms with Gasteiger partial charge in [0.05, 0.1) is 37.0 Å². The van der Waals surface area contributed by atoms with E-state index in [9.17, 15) is 0 Å². The van der Waals surface area contributed by atoms with Gasteiger partial charge in [0.2, 0.25) is 0 Å². The van der Waals surface area contributed by atoms with Crippen molar-refractivity contribution in [3.63, 3.8) is 0 Å². The van der Waals surface area contributed by atoms with Crippen LogP contribution >= 0.6 is 0 Å². The van der Waals surface area contributed by atoms with E-state index in [2.05, 4.69) is 121 Å². The van der Waals surface area contributed by atoms with Gasteiger partial charge in [0.1, 0.15) is 11.5 Å². The van der Waals surface area contributed by atoms with E-state index in [4.69, 9.17) is 19.4 Å². The van der Waals surface area contributed by atoms with Crippen molar-refractivity contribution in [1.29, 1.82) is 0 Å². The largest absolute Gasteiger partial charge is 0.497 e. The summed E-state index contributed by atoms with van der Waals surface area (Å²) in [7, 11) is 3.40. The summed E-state index contributed by atoms with van der Waals surface area (Å²) in [6.45, 7) is 20.2. The molecule has 0 aliphatic carbocycles. The Balaban J connectivity index is 1.89. The van der Waals surface area contributed by atoms with Gasteiger partial charge in [0, 0.05) is 49.9 Å². The lowest BCUT2D eigenvalue weighted by molar-refractivity contribution is 0.404. The molecule has 3 aromatic heterocycles. The van der Waals surface area contributed by atoms with Gasteiger partial charge in [-0.05, 0) is 83.0 Å². The second-order valence-electron chi connectivity index (χ2n) is 15.3. The Morgan fingerprint density at radius 3 is 1.30 bits per heavy atom. The zero-order chi connectivity index (χ0) is 33.2. The van der Waals surface area contributed by atoms with Gasteiger partial charge >= 0.3 is 0 Å². The molecule has 8 bridgehead atoms. The fourth-order valence-corrected chi connectivity index (χ4v) is 6.85. The van der Waals surface area contributed by atoms with Crippen LogP contribution in [-0.2, 0) is 16.2 Å². The van der Waals surface area contributed by atoms with E-state index in [1.807, 2.05) is 18.2 Å². The predicted molar refractivity (Wildman–Crippen MR) is 193 cm³/mol. The molecule has 46 heavy (non-hydrogen) atoms. The summed E-state index contributed by atoms with van der Waals surface area (Å²) in [5.74, 6) is 1.51. The zero-order valence-electron chi connectivity index (χ0n) is 29.1. The lowest BCUT2D eigenvalue weighted by Crippen LogP contribution is -2.16. The maximum absolute atomic E-state index is 5.92. The summed E-state index contributed by atoms with van der Waals surface area (Å²) < 4.78 is 11.6. The number of aromatic amines is 2. The number of H-pyrrole nitrogens is 2. The Kier molecular flexibility index (Phi) is 7.54. The van der Waals surface area contributed by atoms with Crippen LogP contribution in [0.25, 0.3) is 57.5 Å². The van der Waals surface area contributed by atoms with Crippen LogP contribution in [0.3, 0.4) is 0 Å². The number of rotatable bonds is 3. The third kappa shape index (κ3) is 5.55. The summed E-state index contributed by atoms with van der Waals surface area (Å²) in [5, 5.41) is 0. The molecule has 2 aliphatic heterocycles. The van der Waals surface area contributed by atoms with E-state index in [-0.39, 0.29) is 16.2 Å². The Labute approximate surface area is 272 Å². The Morgan fingerprint density at radius 1 is 0.500 bits per heavy atom. The van der Waals surface area contributed by atoms with E-state index in [1.54, 1.807) is 14.2 Å². The van der Waals surface area contributed by atoms with Crippen molar-refractivity contribution in [3.8, 4) is 22.6 Å². The van der Waals surface area contributed by atoms with Crippen molar-refractivity contribution >= 4 is 46.4 Å². The summed E-state index contributed by atoms with van der Waals surface area (Å²) in [6, 6.07) is 14.6. The number of aromatic nitrogens is 4. The first-order valence-electron chi connectivity index (χ1n) is 16.0. The third-order valence-corrected chi connectivity index (χ3v) is 8.68. The van der Waals surface area contributed by atoms with Crippen molar-refractivity contribution in [2.24, 2.45) is 0 Å². The molecule has 4 aromatic rings. The normalized spacial score (nSPS) is 13.4. The lowest BCUT2D eigenvalue weighted by atomic mass is 9.84. The number of hydrogen-bond acceptors (Lipinski definition) is 4. The van der Waals surface area contributed by atoms with Gasteiger partial charge in [-0.1, -0.05) is 62.3 Å². The first-order chi connectivity index (χ1) is 21.6. The van der Waals surface area contributed by atoms with Crippen molar-refractivity contribution in [2.75, 3.05) is 14.2 Å². The molecule has 2 N–H and O–H groups in total. The van der Waals surface area contributed by atoms with E-state index in [0.29, 0.717) is 0 Å². The van der Waals surface area contributed by atoms with E-state index < -0.39 is 0 Å². The number of fused-ring (bicyclic) bond motifs is 8. The van der Waals surface area contributed by atoms with Gasteiger partial charge in [-0.25, -0.2) is 9.97 Å². The molecule has 1 aromatic carbocycles. The number of benzene rings is 1. The van der Waals surface area contributed by atoms with E-state index >= 15 is 0 Å². The van der Waals surface area contributed by atoms with E-state index in [1.165, 1.54) is 0 Å². The molecule has 0 saturated carbocycles. The SMILES string of the molecule is COc1ccc(OC)c(-c2c3ccc([nH]3)c(C(C)(C)C)c3nc(c(C(C)(C)C)c4nc(c(C(C)(C)C)c5ccc2[nH]5)C=C4)C=C3)c1. The topological polar surface area (TPSA) is 75.8 Å². The Hall–Kier alpha value is -4.58. The minimum Gasteiger partial charge on any atom is -0.497 e. The average molecular weight is 615 g/mol. The van der Waals surface area contributed by atoms with Gasteiger partial charge in [0.25, 0.3) is 0 Å². The van der Waals surface area contributed by atoms with Crippen LogP contribution in [0, 0.1) is 0 Å². The maximum Gasteiger partial charge on any atom is 0.127 e. The molecule has 238 valence electrons. The molecule has 2 aliphatic rings. The van der Waals surface area contributed by atoms with Crippen LogP contribution in [-0.4, -0.2) is 34.2 Å². The zero-order valence-corrected chi connectivity index (χ0v) is 29.1. The molecule has 0 unspecified atom stereocenters. The molecule has 0 radical (unpaired) electrons. The summed E-state index contributed by atoms with van der Waals surface area (Å²) in [6.07, 6.45) is 8.62. The first kappa shape index (κ1) is 31.4. The fourth-order valence-electron chi connectivity index (χ4n) is 6.85. The molecule has 0 atom stereocenters. The van der Waals surface area contributed by atoms with Gasteiger partial charge in [-0.2, -0.15) is 0 Å². The maximum atomic E-state index is 5.92. The second kappa shape index (κ2) is 11.0. The van der Waals surface area contributed by atoms with Crippen LogP contribution in [0.1, 0.15) is 102 Å². The molecule has 6 heteroatoms. The van der Waals surface area contributed by atoms with Crippen molar-refractivity contribution in [1.82, 2.24) is 19.9 Å². The summed E-state index contributed by atoms with van der Waals surface area (Å²) in [5.41, 5.74) is 12.6. The molecule has 0 saturated heterocycles. The monoisotopic (exact) mass is 614 g/mol. The summed E-state index contributed by atoms with van der Waals surface area (Å²) in [4.78, 5) is 18.3. The highest BCUT2D eigenvalue weighted by Crippen LogP contribution is 2.41. The van der Waals surface area contributed by atoms with Crippen LogP contribution in [0.15, 0.2) is 42.5 Å². The average Bonchev–Trinajstić information content (AvgIpc) is 3.77. The highest BCUT2D eigenvalue weighted by molar-refractivity contribution is 5.97. The van der Waals surface area contributed by atoms with Gasteiger partial charge in [0.15, 0.2) is 0 Å². The Bertz CT molecular complexity index is 1960. The molecule has 5 heterocycles. The van der Waals surface area contributed by atoms with Crippen LogP contribution in [0.4, 0.5) is 0 Å². The number of nitrogens with zero attached hydrogens (tertiary/aromatic N) is 2. The molecule has 6 nitrogen and oxygen atoms in total. The first-order valence-corrected chi connectivity index (χ1v) is 16.0. The van der Waals surface area contributed by atoms with Gasteiger partial charge in [-0.15, -0.1) is 0 Å². The molecule has 0 fully saturated rings. The lowest BCUT2D eigenvalue weighted by Gasteiger charge is -2.22. The minimum absolute atomic E-state index is 0.175. The van der Waals surface area contributed by atoms with Crippen molar-refractivity contribution in [3.05, 3.63) is 81.9 Å².